The zero-order valence-electron chi connectivity index (χ0n) is 7.51. The van der Waals surface area contributed by atoms with E-state index in [1.54, 1.807) is 0 Å². The molecule has 0 aromatic heterocycles. The fourth-order valence-electron chi connectivity index (χ4n) is 2.30. The molecule has 0 N–H and O–H groups in total. The third kappa shape index (κ3) is 0.718. The predicted molar refractivity (Wildman–Crippen MR) is 56.7 cm³/mol. The summed E-state index contributed by atoms with van der Waals surface area (Å²) in [5, 5.41) is 0. The second-order valence-corrected chi connectivity index (χ2v) is 3.76. The molecule has 1 nitrogen and oxygen atoms in total. The first-order chi connectivity index (χ1) is 6.27. The van der Waals surface area contributed by atoms with Crippen molar-refractivity contribution in [3.8, 4) is 0 Å². The quantitative estimate of drug-likeness (QED) is 0.577. The van der Waals surface area contributed by atoms with Gasteiger partial charge in [-0.05, 0) is 11.1 Å². The summed E-state index contributed by atoms with van der Waals surface area (Å²) >= 11 is 0. The van der Waals surface area contributed by atoms with E-state index >= 15 is 0 Å². The highest BCUT2D eigenvalue weighted by atomic mass is 15.2. The second kappa shape index (κ2) is 2.05. The first-order valence-electron chi connectivity index (χ1n) is 4.51. The van der Waals surface area contributed by atoms with E-state index in [2.05, 4.69) is 36.3 Å². The van der Waals surface area contributed by atoms with E-state index in [0.717, 1.165) is 13.1 Å². The van der Waals surface area contributed by atoms with E-state index in [1.165, 1.54) is 28.0 Å². The molecular weight excluding hydrogens is 158 g/mol. The van der Waals surface area contributed by atoms with Crippen LogP contribution in [0, 0.1) is 0 Å². The average molecular weight is 169 g/mol. The highest BCUT2D eigenvalue weighted by Gasteiger charge is 2.30. The van der Waals surface area contributed by atoms with Gasteiger partial charge in [0.05, 0.1) is 5.69 Å². The van der Waals surface area contributed by atoms with Crippen molar-refractivity contribution in [3.63, 3.8) is 0 Å². The van der Waals surface area contributed by atoms with E-state index in [0.29, 0.717) is 0 Å². The molecule has 0 bridgehead atoms. The van der Waals surface area contributed by atoms with Gasteiger partial charge in [-0.2, -0.15) is 0 Å². The van der Waals surface area contributed by atoms with Crippen LogP contribution in [-0.4, -0.2) is 13.1 Å². The van der Waals surface area contributed by atoms with Crippen LogP contribution in [0.25, 0.3) is 11.1 Å². The van der Waals surface area contributed by atoms with Crippen molar-refractivity contribution in [2.45, 2.75) is 0 Å². The van der Waals surface area contributed by atoms with Crippen LogP contribution in [0.5, 0.6) is 0 Å². The molecule has 0 saturated heterocycles. The van der Waals surface area contributed by atoms with Crippen molar-refractivity contribution in [1.29, 1.82) is 0 Å². The van der Waals surface area contributed by atoms with Gasteiger partial charge < -0.3 is 4.90 Å². The van der Waals surface area contributed by atoms with E-state index in [-0.39, 0.29) is 0 Å². The molecule has 0 fully saturated rings. The molecular formula is C12H11N. The molecule has 3 rings (SSSR count). The van der Waals surface area contributed by atoms with Crippen LogP contribution in [0.15, 0.2) is 31.4 Å². The minimum atomic E-state index is 0.978. The molecule has 13 heavy (non-hydrogen) atoms. The van der Waals surface area contributed by atoms with Crippen LogP contribution in [-0.2, 0) is 0 Å². The molecule has 0 atom stereocenters. The molecule has 1 aromatic rings. The van der Waals surface area contributed by atoms with E-state index in [4.69, 9.17) is 0 Å². The van der Waals surface area contributed by atoms with Gasteiger partial charge in [-0.1, -0.05) is 31.4 Å². The van der Waals surface area contributed by atoms with Gasteiger partial charge in [0.25, 0.3) is 0 Å². The van der Waals surface area contributed by atoms with Crippen LogP contribution in [0.4, 0.5) is 5.69 Å². The largest absolute Gasteiger partial charge is 0.362 e. The van der Waals surface area contributed by atoms with Crippen molar-refractivity contribution >= 4 is 16.8 Å². The SMILES string of the molecule is C=C1CN2CC(=C)c3cccc1c32. The molecule has 0 radical (unpaired) electrons. The summed E-state index contributed by atoms with van der Waals surface area (Å²) in [7, 11) is 0. The Morgan fingerprint density at radius 1 is 1.00 bits per heavy atom. The summed E-state index contributed by atoms with van der Waals surface area (Å²) in [5.41, 5.74) is 6.47. The van der Waals surface area contributed by atoms with Crippen molar-refractivity contribution in [3.05, 3.63) is 42.5 Å². The van der Waals surface area contributed by atoms with Gasteiger partial charge in [-0.3, -0.25) is 0 Å². The van der Waals surface area contributed by atoms with Gasteiger partial charge in [0.2, 0.25) is 0 Å². The number of hydrogen-bond acceptors (Lipinski definition) is 1. The van der Waals surface area contributed by atoms with Gasteiger partial charge in [0.15, 0.2) is 0 Å². The van der Waals surface area contributed by atoms with Crippen LogP contribution in [0.1, 0.15) is 11.1 Å². The van der Waals surface area contributed by atoms with Crippen LogP contribution >= 0.6 is 0 Å². The van der Waals surface area contributed by atoms with Crippen LogP contribution in [0.2, 0.25) is 0 Å². The van der Waals surface area contributed by atoms with Crippen LogP contribution in [0.3, 0.4) is 0 Å². The molecule has 64 valence electrons. The Morgan fingerprint density at radius 2 is 1.54 bits per heavy atom. The number of para-hydroxylation sites is 1. The Hall–Kier alpha value is -1.50. The molecule has 0 amide bonds. The lowest BCUT2D eigenvalue weighted by atomic mass is 10.0. The lowest BCUT2D eigenvalue weighted by Crippen LogP contribution is -2.16. The standard InChI is InChI=1S/C12H11N/c1-8-6-13-7-9(2)11-5-3-4-10(8)12(11)13/h3-5H,1-2,6-7H2. The maximum atomic E-state index is 4.07. The lowest BCUT2D eigenvalue weighted by Gasteiger charge is -2.09. The molecule has 0 saturated carbocycles. The third-order valence-corrected chi connectivity index (χ3v) is 2.88. The number of nitrogens with zero attached hydrogens (tertiary/aromatic N) is 1. The summed E-state index contributed by atoms with van der Waals surface area (Å²) in [6.45, 7) is 10.1. The highest BCUT2D eigenvalue weighted by molar-refractivity contribution is 5.97. The van der Waals surface area contributed by atoms with Crippen molar-refractivity contribution in [1.82, 2.24) is 0 Å². The number of anilines is 1. The molecule has 1 aromatic carbocycles. The molecule has 2 aliphatic heterocycles. The monoisotopic (exact) mass is 169 g/mol. The fraction of sp³-hybridized carbons (Fsp3) is 0.167. The Bertz CT molecular complexity index is 393. The van der Waals surface area contributed by atoms with Crippen LogP contribution < -0.4 is 4.90 Å². The fourth-order valence-corrected chi connectivity index (χ4v) is 2.30. The molecule has 2 aliphatic rings. The Labute approximate surface area is 78.0 Å². The normalized spacial score (nSPS) is 18.3. The zero-order valence-corrected chi connectivity index (χ0v) is 7.51. The Kier molecular flexibility index (Phi) is 1.10. The highest BCUT2D eigenvalue weighted by Crippen LogP contribution is 2.44. The van der Waals surface area contributed by atoms with E-state index in [9.17, 15) is 0 Å². The van der Waals surface area contributed by atoms with Gasteiger partial charge in [0.1, 0.15) is 0 Å². The maximum Gasteiger partial charge on any atom is 0.0526 e. The molecule has 0 aliphatic carbocycles. The third-order valence-electron chi connectivity index (χ3n) is 2.88. The van der Waals surface area contributed by atoms with Gasteiger partial charge in [-0.25, -0.2) is 0 Å². The lowest BCUT2D eigenvalue weighted by molar-refractivity contribution is 1.04. The van der Waals surface area contributed by atoms with Crippen molar-refractivity contribution < 1.29 is 0 Å². The molecule has 0 spiro atoms. The maximum absolute atomic E-state index is 4.07. The first kappa shape index (κ1) is 6.96. The summed E-state index contributed by atoms with van der Waals surface area (Å²) in [6, 6.07) is 6.40. The summed E-state index contributed by atoms with van der Waals surface area (Å²) in [6.07, 6.45) is 0. The predicted octanol–water partition coefficient (Wildman–Crippen LogP) is 2.55. The number of hydrogen-bond donors (Lipinski definition) is 0. The van der Waals surface area contributed by atoms with Gasteiger partial charge in [0, 0.05) is 24.2 Å². The minimum Gasteiger partial charge on any atom is -0.362 e. The first-order valence-corrected chi connectivity index (χ1v) is 4.51. The van der Waals surface area contributed by atoms with Gasteiger partial charge in [-0.15, -0.1) is 0 Å². The summed E-state index contributed by atoms with van der Waals surface area (Å²) < 4.78 is 0. The zero-order chi connectivity index (χ0) is 9.00. The topological polar surface area (TPSA) is 3.24 Å². The molecule has 2 heterocycles. The Balaban J connectivity index is 2.37. The minimum absolute atomic E-state index is 0.978. The van der Waals surface area contributed by atoms with Gasteiger partial charge >= 0.3 is 0 Å². The Morgan fingerprint density at radius 3 is 2.08 bits per heavy atom. The van der Waals surface area contributed by atoms with E-state index < -0.39 is 0 Å². The molecule has 1 heteroatoms. The number of rotatable bonds is 0. The van der Waals surface area contributed by atoms with E-state index in [1.807, 2.05) is 0 Å². The van der Waals surface area contributed by atoms with Crippen molar-refractivity contribution in [2.24, 2.45) is 0 Å². The molecule has 0 unspecified atom stereocenters. The summed E-state index contributed by atoms with van der Waals surface area (Å²) in [5.74, 6) is 0. The van der Waals surface area contributed by atoms with Crippen molar-refractivity contribution in [2.75, 3.05) is 18.0 Å². The number of benzene rings is 1. The second-order valence-electron chi connectivity index (χ2n) is 3.76. The smallest absolute Gasteiger partial charge is 0.0526 e. The summed E-state index contributed by atoms with van der Waals surface area (Å²) in [4.78, 5) is 2.36. The average Bonchev–Trinajstić information content (AvgIpc) is 2.59.